The van der Waals surface area contributed by atoms with Crippen LogP contribution in [0.3, 0.4) is 0 Å². The summed E-state index contributed by atoms with van der Waals surface area (Å²) in [5, 5.41) is 9.61. The number of aryl methyl sites for hydroxylation is 2. The summed E-state index contributed by atoms with van der Waals surface area (Å²) >= 11 is 2.24. The monoisotopic (exact) mass is 495 g/mol. The summed E-state index contributed by atoms with van der Waals surface area (Å²) in [5.74, 6) is 1.36. The Hall–Kier alpha value is -2.78. The van der Waals surface area contributed by atoms with E-state index in [1.807, 2.05) is 49.4 Å². The average Bonchev–Trinajstić information content (AvgIpc) is 2.72. The predicted molar refractivity (Wildman–Crippen MR) is 126 cm³/mol. The Kier molecular flexibility index (Phi) is 6.95. The van der Waals surface area contributed by atoms with E-state index in [-0.39, 0.29) is 0 Å². The first-order chi connectivity index (χ1) is 14.0. The maximum atomic E-state index is 9.61. The first-order valence-corrected chi connectivity index (χ1v) is 10.3. The van der Waals surface area contributed by atoms with E-state index in [0.717, 1.165) is 25.8 Å². The first kappa shape index (κ1) is 20.9. The Labute approximate surface area is 185 Å². The molecule has 0 aliphatic carbocycles. The lowest BCUT2D eigenvalue weighted by Gasteiger charge is -2.14. The van der Waals surface area contributed by atoms with Gasteiger partial charge in [-0.3, -0.25) is 0 Å². The number of hydrogen-bond donors (Lipinski definition) is 0. The molecule has 0 saturated carbocycles. The summed E-state index contributed by atoms with van der Waals surface area (Å²) in [6.45, 7) is 4.56. The molecule has 0 bridgehead atoms. The van der Waals surface area contributed by atoms with Crippen molar-refractivity contribution in [1.82, 2.24) is 0 Å². The number of allylic oxidation sites excluding steroid dienone is 1. The fourth-order valence-electron chi connectivity index (χ4n) is 2.88. The molecule has 0 aliphatic rings. The number of methoxy groups -OCH3 is 1. The molecule has 146 valence electrons. The van der Waals surface area contributed by atoms with Gasteiger partial charge in [-0.1, -0.05) is 59.7 Å². The van der Waals surface area contributed by atoms with Crippen molar-refractivity contribution in [2.75, 3.05) is 7.11 Å². The number of hydrogen-bond acceptors (Lipinski definition) is 3. The fourth-order valence-corrected chi connectivity index (χ4v) is 3.66. The van der Waals surface area contributed by atoms with Crippen LogP contribution < -0.4 is 9.47 Å². The highest BCUT2D eigenvalue weighted by Gasteiger charge is 2.12. The van der Waals surface area contributed by atoms with E-state index in [1.54, 1.807) is 7.11 Å². The molecule has 0 atom stereocenters. The Morgan fingerprint density at radius 2 is 1.62 bits per heavy atom. The topological polar surface area (TPSA) is 42.2 Å². The number of nitriles is 1. The summed E-state index contributed by atoms with van der Waals surface area (Å²) in [6.07, 6.45) is 1.87. The lowest BCUT2D eigenvalue weighted by molar-refractivity contribution is 0.282. The van der Waals surface area contributed by atoms with Gasteiger partial charge in [-0.15, -0.1) is 0 Å². The highest BCUT2D eigenvalue weighted by Crippen LogP contribution is 2.35. The average molecular weight is 495 g/mol. The van der Waals surface area contributed by atoms with Crippen molar-refractivity contribution >= 4 is 34.2 Å². The van der Waals surface area contributed by atoms with Crippen molar-refractivity contribution < 1.29 is 9.47 Å². The number of nitrogens with zero attached hydrogens (tertiary/aromatic N) is 1. The van der Waals surface area contributed by atoms with Crippen LogP contribution in [0.2, 0.25) is 0 Å². The highest BCUT2D eigenvalue weighted by molar-refractivity contribution is 14.1. The molecule has 29 heavy (non-hydrogen) atoms. The molecule has 3 aromatic rings. The van der Waals surface area contributed by atoms with Crippen LogP contribution in [0.4, 0.5) is 0 Å². The zero-order valence-electron chi connectivity index (χ0n) is 16.7. The lowest BCUT2D eigenvalue weighted by atomic mass is 10.0. The van der Waals surface area contributed by atoms with Gasteiger partial charge in [0.1, 0.15) is 6.61 Å². The van der Waals surface area contributed by atoms with Gasteiger partial charge in [-0.05, 0) is 71.3 Å². The molecule has 0 amide bonds. The predicted octanol–water partition coefficient (Wildman–Crippen LogP) is 6.56. The van der Waals surface area contributed by atoms with Gasteiger partial charge in [-0.25, -0.2) is 0 Å². The van der Waals surface area contributed by atoms with Crippen molar-refractivity contribution in [2.24, 2.45) is 0 Å². The smallest absolute Gasteiger partial charge is 0.174 e. The fraction of sp³-hybridized carbons (Fsp3) is 0.160. The van der Waals surface area contributed by atoms with E-state index in [9.17, 15) is 5.26 Å². The number of benzene rings is 3. The SMILES string of the molecule is COc1cc(/C=C(/C#N)c2ccc(C)cc2)cc(I)c1OCc1ccc(C)cc1. The van der Waals surface area contributed by atoms with Gasteiger partial charge in [0.15, 0.2) is 11.5 Å². The van der Waals surface area contributed by atoms with Gasteiger partial charge in [0.2, 0.25) is 0 Å². The third kappa shape index (κ3) is 5.39. The molecule has 0 fully saturated rings. The van der Waals surface area contributed by atoms with Crippen molar-refractivity contribution in [1.29, 1.82) is 5.26 Å². The normalized spacial score (nSPS) is 11.1. The van der Waals surface area contributed by atoms with E-state index >= 15 is 0 Å². The molecular formula is C25H22INO2. The molecular weight excluding hydrogens is 473 g/mol. The van der Waals surface area contributed by atoms with Crippen LogP contribution in [0.25, 0.3) is 11.6 Å². The van der Waals surface area contributed by atoms with E-state index in [0.29, 0.717) is 23.7 Å². The van der Waals surface area contributed by atoms with Crippen LogP contribution in [0.15, 0.2) is 60.7 Å². The van der Waals surface area contributed by atoms with E-state index in [2.05, 4.69) is 59.8 Å². The second-order valence-corrected chi connectivity index (χ2v) is 8.01. The van der Waals surface area contributed by atoms with Gasteiger partial charge < -0.3 is 9.47 Å². The standard InChI is InChI=1S/C25H22INO2/c1-17-4-8-19(9-5-17)16-29-25-23(26)13-20(14-24(25)28-3)12-22(15-27)21-10-6-18(2)7-11-21/h4-14H,16H2,1-3H3/b22-12-. The van der Waals surface area contributed by atoms with Gasteiger partial charge in [0.05, 0.1) is 22.3 Å². The second kappa shape index (κ2) is 9.62. The van der Waals surface area contributed by atoms with Crippen LogP contribution in [0, 0.1) is 28.7 Å². The summed E-state index contributed by atoms with van der Waals surface area (Å²) in [5.41, 5.74) is 5.88. The molecule has 0 heterocycles. The number of rotatable bonds is 6. The minimum Gasteiger partial charge on any atom is -0.493 e. The molecule has 0 radical (unpaired) electrons. The Morgan fingerprint density at radius 1 is 1.00 bits per heavy atom. The molecule has 0 N–H and O–H groups in total. The Balaban J connectivity index is 1.88. The van der Waals surface area contributed by atoms with Crippen molar-refractivity contribution in [3.63, 3.8) is 0 Å². The molecule has 3 nitrogen and oxygen atoms in total. The largest absolute Gasteiger partial charge is 0.493 e. The zero-order valence-corrected chi connectivity index (χ0v) is 18.9. The van der Waals surface area contributed by atoms with Crippen LogP contribution in [-0.2, 0) is 6.61 Å². The summed E-state index contributed by atoms with van der Waals surface area (Å²) in [6, 6.07) is 22.4. The van der Waals surface area contributed by atoms with Crippen LogP contribution in [-0.4, -0.2) is 7.11 Å². The molecule has 0 spiro atoms. The van der Waals surface area contributed by atoms with Crippen LogP contribution in [0.1, 0.15) is 27.8 Å². The van der Waals surface area contributed by atoms with E-state index < -0.39 is 0 Å². The molecule has 0 aliphatic heterocycles. The number of ether oxygens (including phenoxy) is 2. The lowest BCUT2D eigenvalue weighted by Crippen LogP contribution is -2.00. The van der Waals surface area contributed by atoms with Gasteiger partial charge in [-0.2, -0.15) is 5.26 Å². The summed E-state index contributed by atoms with van der Waals surface area (Å²) in [4.78, 5) is 0. The highest BCUT2D eigenvalue weighted by atomic mass is 127. The minimum atomic E-state index is 0.467. The van der Waals surface area contributed by atoms with Crippen molar-refractivity contribution in [3.05, 3.63) is 92.1 Å². The summed E-state index contributed by atoms with van der Waals surface area (Å²) < 4.78 is 12.6. The zero-order chi connectivity index (χ0) is 20.8. The minimum absolute atomic E-state index is 0.467. The molecule has 3 rings (SSSR count). The Bertz CT molecular complexity index is 1060. The van der Waals surface area contributed by atoms with Crippen molar-refractivity contribution in [2.45, 2.75) is 20.5 Å². The third-order valence-corrected chi connectivity index (χ3v) is 5.35. The molecule has 3 aromatic carbocycles. The maximum Gasteiger partial charge on any atom is 0.174 e. The van der Waals surface area contributed by atoms with Crippen molar-refractivity contribution in [3.8, 4) is 17.6 Å². The number of halogens is 1. The molecule has 0 unspecified atom stereocenters. The van der Waals surface area contributed by atoms with E-state index in [4.69, 9.17) is 9.47 Å². The molecule has 0 aromatic heterocycles. The van der Waals surface area contributed by atoms with Gasteiger partial charge in [0.25, 0.3) is 0 Å². The van der Waals surface area contributed by atoms with Gasteiger partial charge in [0, 0.05) is 0 Å². The van der Waals surface area contributed by atoms with Gasteiger partial charge >= 0.3 is 0 Å². The molecule has 0 saturated heterocycles. The first-order valence-electron chi connectivity index (χ1n) is 9.25. The molecule has 4 heteroatoms. The quantitative estimate of drug-likeness (QED) is 0.221. The second-order valence-electron chi connectivity index (χ2n) is 6.84. The Morgan fingerprint density at radius 3 is 2.21 bits per heavy atom. The van der Waals surface area contributed by atoms with Crippen LogP contribution >= 0.6 is 22.6 Å². The van der Waals surface area contributed by atoms with Crippen LogP contribution in [0.5, 0.6) is 11.5 Å². The maximum absolute atomic E-state index is 9.61. The summed E-state index contributed by atoms with van der Waals surface area (Å²) in [7, 11) is 1.63. The van der Waals surface area contributed by atoms with E-state index in [1.165, 1.54) is 5.56 Å². The third-order valence-electron chi connectivity index (χ3n) is 4.55.